The van der Waals surface area contributed by atoms with E-state index in [1.54, 1.807) is 0 Å². The molecular formula is C22H44N2O4. The van der Waals surface area contributed by atoms with Crippen LogP contribution in [-0.4, -0.2) is 42.9 Å². The second kappa shape index (κ2) is 14.7. The standard InChI is InChI=1S/C22H44N2O4/c1-21(2,3)27-19(25)15-12-10-8-7-9-11-13-16-23-17-14-18-24-20(26)28-22(4,5)6/h23H,7-18H2,1-6H3,(H,24,26). The number of carbonyl (C=O) groups is 2. The molecule has 0 rings (SSSR count). The molecule has 1 amide bonds. The van der Waals surface area contributed by atoms with E-state index >= 15 is 0 Å². The number of hydrogen-bond donors (Lipinski definition) is 2. The van der Waals surface area contributed by atoms with Gasteiger partial charge in [-0.2, -0.15) is 0 Å². The second-order valence-electron chi connectivity index (χ2n) is 9.34. The quantitative estimate of drug-likeness (QED) is 0.318. The van der Waals surface area contributed by atoms with Gasteiger partial charge in [0.15, 0.2) is 0 Å². The number of rotatable bonds is 14. The summed E-state index contributed by atoms with van der Waals surface area (Å²) >= 11 is 0. The Morgan fingerprint density at radius 1 is 0.643 bits per heavy atom. The number of alkyl carbamates (subject to hydrolysis) is 1. The van der Waals surface area contributed by atoms with E-state index in [4.69, 9.17) is 9.47 Å². The van der Waals surface area contributed by atoms with Crippen LogP contribution >= 0.6 is 0 Å². The Kier molecular flexibility index (Phi) is 14.0. The molecule has 0 aliphatic heterocycles. The second-order valence-corrected chi connectivity index (χ2v) is 9.34. The van der Waals surface area contributed by atoms with E-state index in [1.165, 1.54) is 32.1 Å². The zero-order valence-electron chi connectivity index (χ0n) is 19.1. The van der Waals surface area contributed by atoms with Crippen LogP contribution in [0, 0.1) is 0 Å². The Bertz CT molecular complexity index is 385. The number of ether oxygens (including phenoxy) is 2. The number of nitrogens with one attached hydrogen (secondary N) is 2. The number of hydrogen-bond acceptors (Lipinski definition) is 5. The predicted octanol–water partition coefficient (Wildman–Crippen LogP) is 4.95. The highest BCUT2D eigenvalue weighted by Gasteiger charge is 2.16. The third-order valence-corrected chi connectivity index (χ3v) is 3.85. The van der Waals surface area contributed by atoms with Crippen LogP contribution in [0.5, 0.6) is 0 Å². The van der Waals surface area contributed by atoms with Crippen molar-refractivity contribution in [3.05, 3.63) is 0 Å². The summed E-state index contributed by atoms with van der Waals surface area (Å²) in [4.78, 5) is 23.1. The van der Waals surface area contributed by atoms with Gasteiger partial charge in [0.1, 0.15) is 11.2 Å². The Hall–Kier alpha value is -1.30. The monoisotopic (exact) mass is 400 g/mol. The van der Waals surface area contributed by atoms with Gasteiger partial charge in [-0.25, -0.2) is 4.79 Å². The minimum absolute atomic E-state index is 0.0835. The fraction of sp³-hybridized carbons (Fsp3) is 0.909. The van der Waals surface area contributed by atoms with Gasteiger partial charge < -0.3 is 20.1 Å². The molecule has 6 heteroatoms. The molecule has 0 atom stereocenters. The summed E-state index contributed by atoms with van der Waals surface area (Å²) in [6.45, 7) is 13.8. The zero-order valence-corrected chi connectivity index (χ0v) is 19.1. The maximum Gasteiger partial charge on any atom is 0.407 e. The third kappa shape index (κ3) is 21.0. The first-order valence-electron chi connectivity index (χ1n) is 10.9. The lowest BCUT2D eigenvalue weighted by Gasteiger charge is -2.19. The van der Waals surface area contributed by atoms with Crippen molar-refractivity contribution in [1.29, 1.82) is 0 Å². The molecule has 0 bridgehead atoms. The molecule has 166 valence electrons. The molecule has 0 saturated carbocycles. The van der Waals surface area contributed by atoms with Crippen LogP contribution in [0.3, 0.4) is 0 Å². The smallest absolute Gasteiger partial charge is 0.407 e. The molecule has 0 aromatic rings. The molecule has 0 aliphatic carbocycles. The largest absolute Gasteiger partial charge is 0.460 e. The Balaban J connectivity index is 3.28. The van der Waals surface area contributed by atoms with Crippen molar-refractivity contribution in [3.63, 3.8) is 0 Å². The van der Waals surface area contributed by atoms with Gasteiger partial charge in [-0.05, 0) is 73.9 Å². The molecule has 6 nitrogen and oxygen atoms in total. The molecule has 0 aromatic heterocycles. The molecule has 0 aliphatic rings. The fourth-order valence-electron chi connectivity index (χ4n) is 2.64. The highest BCUT2D eigenvalue weighted by Crippen LogP contribution is 2.12. The average molecular weight is 401 g/mol. The van der Waals surface area contributed by atoms with E-state index in [0.29, 0.717) is 13.0 Å². The van der Waals surface area contributed by atoms with E-state index in [-0.39, 0.29) is 17.7 Å². The van der Waals surface area contributed by atoms with E-state index in [1.807, 2.05) is 41.5 Å². The highest BCUT2D eigenvalue weighted by atomic mass is 16.6. The highest BCUT2D eigenvalue weighted by molar-refractivity contribution is 5.69. The molecule has 0 unspecified atom stereocenters. The van der Waals surface area contributed by atoms with Gasteiger partial charge >= 0.3 is 12.1 Å². The summed E-state index contributed by atoms with van der Waals surface area (Å²) in [5.41, 5.74) is -0.819. The summed E-state index contributed by atoms with van der Waals surface area (Å²) in [5.74, 6) is -0.0835. The Labute approximate surface area is 172 Å². The van der Waals surface area contributed by atoms with Crippen LogP contribution in [0.2, 0.25) is 0 Å². The molecule has 0 fully saturated rings. The van der Waals surface area contributed by atoms with Crippen molar-refractivity contribution in [1.82, 2.24) is 10.6 Å². The van der Waals surface area contributed by atoms with Crippen LogP contribution in [0.25, 0.3) is 0 Å². The number of amides is 1. The number of esters is 1. The van der Waals surface area contributed by atoms with Crippen LogP contribution < -0.4 is 10.6 Å². The third-order valence-electron chi connectivity index (χ3n) is 3.85. The molecule has 2 N–H and O–H groups in total. The minimum Gasteiger partial charge on any atom is -0.460 e. The van der Waals surface area contributed by atoms with Crippen LogP contribution in [0.15, 0.2) is 0 Å². The first-order valence-corrected chi connectivity index (χ1v) is 10.9. The SMILES string of the molecule is CC(C)(C)OC(=O)CCCCCCCCCNCCCNC(=O)OC(C)(C)C. The average Bonchev–Trinajstić information content (AvgIpc) is 2.51. The number of unbranched alkanes of at least 4 members (excludes halogenated alkanes) is 6. The molecular weight excluding hydrogens is 356 g/mol. The van der Waals surface area contributed by atoms with Crippen molar-refractivity contribution >= 4 is 12.1 Å². The van der Waals surface area contributed by atoms with Gasteiger partial charge in [0.2, 0.25) is 0 Å². The number of carbonyl (C=O) groups excluding carboxylic acids is 2. The molecule has 28 heavy (non-hydrogen) atoms. The van der Waals surface area contributed by atoms with E-state index in [9.17, 15) is 9.59 Å². The topological polar surface area (TPSA) is 76.7 Å². The van der Waals surface area contributed by atoms with Crippen molar-refractivity contribution in [2.45, 2.75) is 111 Å². The van der Waals surface area contributed by atoms with Gasteiger partial charge in [-0.15, -0.1) is 0 Å². The molecule has 0 saturated heterocycles. The minimum atomic E-state index is -0.444. The zero-order chi connectivity index (χ0) is 21.5. The van der Waals surface area contributed by atoms with Crippen molar-refractivity contribution < 1.29 is 19.1 Å². The molecule has 0 aromatic carbocycles. The summed E-state index contributed by atoms with van der Waals surface area (Å²) in [6.07, 6.45) is 9.18. The lowest BCUT2D eigenvalue weighted by Crippen LogP contribution is -2.34. The van der Waals surface area contributed by atoms with Gasteiger partial charge in [-0.1, -0.05) is 32.1 Å². The van der Waals surface area contributed by atoms with Gasteiger partial charge in [0, 0.05) is 13.0 Å². The van der Waals surface area contributed by atoms with E-state index in [2.05, 4.69) is 10.6 Å². The summed E-state index contributed by atoms with van der Waals surface area (Å²) in [5, 5.41) is 6.17. The van der Waals surface area contributed by atoms with E-state index in [0.717, 1.165) is 32.4 Å². The Morgan fingerprint density at radius 2 is 1.14 bits per heavy atom. The summed E-state index contributed by atoms with van der Waals surface area (Å²) in [6, 6.07) is 0. The molecule has 0 spiro atoms. The molecule has 0 heterocycles. The Morgan fingerprint density at radius 3 is 1.71 bits per heavy atom. The maximum absolute atomic E-state index is 11.6. The van der Waals surface area contributed by atoms with Gasteiger partial charge in [0.05, 0.1) is 0 Å². The summed E-state index contributed by atoms with van der Waals surface area (Å²) in [7, 11) is 0. The van der Waals surface area contributed by atoms with Crippen LogP contribution in [0.4, 0.5) is 4.79 Å². The molecule has 0 radical (unpaired) electrons. The lowest BCUT2D eigenvalue weighted by atomic mass is 10.1. The van der Waals surface area contributed by atoms with Crippen LogP contribution in [-0.2, 0) is 14.3 Å². The van der Waals surface area contributed by atoms with E-state index < -0.39 is 5.60 Å². The predicted molar refractivity (Wildman–Crippen MR) is 115 cm³/mol. The summed E-state index contributed by atoms with van der Waals surface area (Å²) < 4.78 is 10.5. The first-order chi connectivity index (χ1) is 13.0. The normalized spacial score (nSPS) is 11.9. The van der Waals surface area contributed by atoms with Gasteiger partial charge in [-0.3, -0.25) is 4.79 Å². The fourth-order valence-corrected chi connectivity index (χ4v) is 2.64. The van der Waals surface area contributed by atoms with Crippen LogP contribution in [0.1, 0.15) is 99.3 Å². The van der Waals surface area contributed by atoms with Gasteiger partial charge in [0.25, 0.3) is 0 Å². The first kappa shape index (κ1) is 26.7. The maximum atomic E-state index is 11.6. The van der Waals surface area contributed by atoms with Crippen molar-refractivity contribution in [2.24, 2.45) is 0 Å². The van der Waals surface area contributed by atoms with Crippen molar-refractivity contribution in [3.8, 4) is 0 Å². The van der Waals surface area contributed by atoms with Crippen molar-refractivity contribution in [2.75, 3.05) is 19.6 Å². The lowest BCUT2D eigenvalue weighted by molar-refractivity contribution is -0.154.